The quantitative estimate of drug-likeness (QED) is 0.597. The van der Waals surface area contributed by atoms with Crippen LogP contribution in [0.4, 0.5) is 8.78 Å². The molecule has 0 N–H and O–H groups in total. The van der Waals surface area contributed by atoms with Gasteiger partial charge in [-0.25, -0.2) is 13.6 Å². The molecule has 3 nitrogen and oxygen atoms in total. The van der Waals surface area contributed by atoms with Crippen LogP contribution in [0.15, 0.2) is 18.2 Å². The SMILES string of the molecule is CCOC(=O)c1ccc(CC(=O)CCl)c(C(F)F)c1. The molecule has 0 saturated heterocycles. The minimum Gasteiger partial charge on any atom is -0.462 e. The molecule has 0 heterocycles. The highest BCUT2D eigenvalue weighted by molar-refractivity contribution is 6.27. The number of rotatable bonds is 6. The monoisotopic (exact) mass is 290 g/mol. The number of carbonyl (C=O) groups excluding carboxylic acids is 2. The number of Topliss-reactive ketones (excluding diaryl/α,β-unsaturated/α-hetero) is 1. The molecule has 0 saturated carbocycles. The zero-order valence-electron chi connectivity index (χ0n) is 10.3. The first-order valence-corrected chi connectivity index (χ1v) is 6.18. The van der Waals surface area contributed by atoms with Crippen LogP contribution in [0.25, 0.3) is 0 Å². The molecular weight excluding hydrogens is 278 g/mol. The minimum absolute atomic E-state index is 0.0409. The summed E-state index contributed by atoms with van der Waals surface area (Å²) >= 11 is 5.35. The van der Waals surface area contributed by atoms with Crippen molar-refractivity contribution >= 4 is 23.4 Å². The molecule has 0 aromatic heterocycles. The first kappa shape index (κ1) is 15.6. The number of ketones is 1. The predicted octanol–water partition coefficient (Wildman–Crippen LogP) is 3.15. The Morgan fingerprint density at radius 3 is 2.58 bits per heavy atom. The second kappa shape index (κ2) is 7.19. The third-order valence-electron chi connectivity index (χ3n) is 2.43. The molecule has 0 amide bonds. The van der Waals surface area contributed by atoms with E-state index in [-0.39, 0.29) is 41.4 Å². The van der Waals surface area contributed by atoms with E-state index in [2.05, 4.69) is 0 Å². The van der Waals surface area contributed by atoms with Gasteiger partial charge in [-0.05, 0) is 24.6 Å². The summed E-state index contributed by atoms with van der Waals surface area (Å²) in [5, 5.41) is 0. The fourth-order valence-corrected chi connectivity index (χ4v) is 1.65. The molecule has 0 aliphatic heterocycles. The molecule has 19 heavy (non-hydrogen) atoms. The van der Waals surface area contributed by atoms with Crippen molar-refractivity contribution in [1.82, 2.24) is 0 Å². The standard InChI is InChI=1S/C13H13ClF2O3/c1-2-19-13(18)9-4-3-8(5-10(17)7-14)11(6-9)12(15)16/h3-4,6,12H,2,5,7H2,1H3. The van der Waals surface area contributed by atoms with Gasteiger partial charge >= 0.3 is 5.97 Å². The zero-order chi connectivity index (χ0) is 14.4. The maximum Gasteiger partial charge on any atom is 0.338 e. The van der Waals surface area contributed by atoms with Crippen molar-refractivity contribution < 1.29 is 23.1 Å². The van der Waals surface area contributed by atoms with E-state index in [0.29, 0.717) is 0 Å². The molecule has 0 atom stereocenters. The van der Waals surface area contributed by atoms with Gasteiger partial charge in [0.15, 0.2) is 5.78 Å². The summed E-state index contributed by atoms with van der Waals surface area (Å²) in [6.07, 6.45) is -2.95. The van der Waals surface area contributed by atoms with E-state index < -0.39 is 12.4 Å². The molecule has 1 aromatic rings. The van der Waals surface area contributed by atoms with E-state index in [1.54, 1.807) is 6.92 Å². The fraction of sp³-hybridized carbons (Fsp3) is 0.385. The second-order valence-electron chi connectivity index (χ2n) is 3.78. The summed E-state index contributed by atoms with van der Waals surface area (Å²) in [6.45, 7) is 1.79. The highest BCUT2D eigenvalue weighted by atomic mass is 35.5. The van der Waals surface area contributed by atoms with Gasteiger partial charge in [-0.3, -0.25) is 4.79 Å². The summed E-state index contributed by atoms with van der Waals surface area (Å²) in [7, 11) is 0. The Bertz CT molecular complexity index is 475. The van der Waals surface area contributed by atoms with Crippen molar-refractivity contribution in [2.75, 3.05) is 12.5 Å². The van der Waals surface area contributed by atoms with E-state index in [4.69, 9.17) is 16.3 Å². The lowest BCUT2D eigenvalue weighted by atomic mass is 10.00. The third kappa shape index (κ3) is 4.28. The Balaban J connectivity index is 3.07. The van der Waals surface area contributed by atoms with E-state index in [1.807, 2.05) is 0 Å². The predicted molar refractivity (Wildman–Crippen MR) is 66.8 cm³/mol. The molecule has 0 radical (unpaired) electrons. The molecular formula is C13H13ClF2O3. The largest absolute Gasteiger partial charge is 0.462 e. The van der Waals surface area contributed by atoms with Crippen molar-refractivity contribution in [3.8, 4) is 0 Å². The summed E-state index contributed by atoms with van der Waals surface area (Å²) in [5.41, 5.74) is -0.128. The molecule has 104 valence electrons. The van der Waals surface area contributed by atoms with Crippen LogP contribution in [0.2, 0.25) is 0 Å². The Labute approximate surface area is 114 Å². The van der Waals surface area contributed by atoms with Gasteiger partial charge in [0.2, 0.25) is 0 Å². The lowest BCUT2D eigenvalue weighted by Crippen LogP contribution is -2.10. The topological polar surface area (TPSA) is 43.4 Å². The van der Waals surface area contributed by atoms with Gasteiger partial charge in [-0.1, -0.05) is 6.07 Å². The highest BCUT2D eigenvalue weighted by Crippen LogP contribution is 2.25. The molecule has 1 aromatic carbocycles. The Morgan fingerprint density at radius 1 is 1.37 bits per heavy atom. The van der Waals surface area contributed by atoms with Crippen molar-refractivity contribution in [3.63, 3.8) is 0 Å². The molecule has 0 fully saturated rings. The summed E-state index contributed by atoms with van der Waals surface area (Å²) in [4.78, 5) is 22.7. The van der Waals surface area contributed by atoms with Crippen LogP contribution in [-0.4, -0.2) is 24.2 Å². The molecule has 0 unspecified atom stereocenters. The number of ether oxygens (including phenoxy) is 1. The van der Waals surface area contributed by atoms with Crippen molar-refractivity contribution in [2.45, 2.75) is 19.8 Å². The Hall–Kier alpha value is -1.49. The van der Waals surface area contributed by atoms with Gasteiger partial charge < -0.3 is 4.74 Å². The first-order chi connectivity index (χ1) is 8.99. The number of hydrogen-bond acceptors (Lipinski definition) is 3. The molecule has 0 aliphatic rings. The number of alkyl halides is 3. The number of esters is 1. The van der Waals surface area contributed by atoms with Gasteiger partial charge in [0.25, 0.3) is 6.43 Å². The first-order valence-electron chi connectivity index (χ1n) is 5.65. The number of benzene rings is 1. The van der Waals surface area contributed by atoms with Gasteiger partial charge in [0.1, 0.15) is 0 Å². The van der Waals surface area contributed by atoms with Gasteiger partial charge in [-0.15, -0.1) is 11.6 Å². The maximum absolute atomic E-state index is 12.9. The van der Waals surface area contributed by atoms with Crippen LogP contribution in [0.5, 0.6) is 0 Å². The van der Waals surface area contributed by atoms with Gasteiger partial charge in [0.05, 0.1) is 18.1 Å². The number of halogens is 3. The minimum atomic E-state index is -2.77. The lowest BCUT2D eigenvalue weighted by molar-refractivity contribution is -0.116. The second-order valence-corrected chi connectivity index (χ2v) is 4.05. The van der Waals surface area contributed by atoms with Crippen LogP contribution < -0.4 is 0 Å². The van der Waals surface area contributed by atoms with Gasteiger partial charge in [-0.2, -0.15) is 0 Å². The fourth-order valence-electron chi connectivity index (χ4n) is 1.56. The molecule has 0 aliphatic carbocycles. The van der Waals surface area contributed by atoms with E-state index in [9.17, 15) is 18.4 Å². The van der Waals surface area contributed by atoms with Crippen molar-refractivity contribution in [1.29, 1.82) is 0 Å². The summed E-state index contributed by atoms with van der Waals surface area (Å²) in [5.74, 6) is -1.26. The average Bonchev–Trinajstić information content (AvgIpc) is 2.38. The van der Waals surface area contributed by atoms with E-state index >= 15 is 0 Å². The van der Waals surface area contributed by atoms with Crippen molar-refractivity contribution in [2.24, 2.45) is 0 Å². The van der Waals surface area contributed by atoms with Crippen LogP contribution in [-0.2, 0) is 16.0 Å². The van der Waals surface area contributed by atoms with Crippen LogP contribution in [0.3, 0.4) is 0 Å². The molecule has 6 heteroatoms. The zero-order valence-corrected chi connectivity index (χ0v) is 11.0. The van der Waals surface area contributed by atoms with E-state index in [1.165, 1.54) is 12.1 Å². The van der Waals surface area contributed by atoms with E-state index in [0.717, 1.165) is 6.07 Å². The van der Waals surface area contributed by atoms with Crippen LogP contribution in [0, 0.1) is 0 Å². The average molecular weight is 291 g/mol. The molecule has 1 rings (SSSR count). The maximum atomic E-state index is 12.9. The molecule has 0 bridgehead atoms. The van der Waals surface area contributed by atoms with Crippen LogP contribution >= 0.6 is 11.6 Å². The van der Waals surface area contributed by atoms with Crippen LogP contribution in [0.1, 0.15) is 34.8 Å². The van der Waals surface area contributed by atoms with Gasteiger partial charge in [0, 0.05) is 12.0 Å². The normalized spacial score (nSPS) is 10.6. The number of hydrogen-bond donors (Lipinski definition) is 0. The Morgan fingerprint density at radius 2 is 2.05 bits per heavy atom. The summed E-state index contributed by atoms with van der Waals surface area (Å²) in [6, 6.07) is 3.75. The summed E-state index contributed by atoms with van der Waals surface area (Å²) < 4.78 is 30.6. The lowest BCUT2D eigenvalue weighted by Gasteiger charge is -2.10. The Kier molecular flexibility index (Phi) is 5.89. The smallest absolute Gasteiger partial charge is 0.338 e. The third-order valence-corrected chi connectivity index (χ3v) is 2.73. The number of carbonyl (C=O) groups is 2. The van der Waals surface area contributed by atoms with Crippen molar-refractivity contribution in [3.05, 3.63) is 34.9 Å². The molecule has 0 spiro atoms. The highest BCUT2D eigenvalue weighted by Gasteiger charge is 2.18.